The Hall–Kier alpha value is 0.0300. The van der Waals surface area contributed by atoms with Crippen LogP contribution >= 0.6 is 0 Å². The number of ether oxygens (including phenoxy) is 2. The molecule has 0 aromatic heterocycles. The summed E-state index contributed by atoms with van der Waals surface area (Å²) in [5.74, 6) is 0.588. The Balaban J connectivity index is 3.34. The van der Waals surface area contributed by atoms with Crippen molar-refractivity contribution < 1.29 is 13.7 Å². The summed E-state index contributed by atoms with van der Waals surface area (Å²) < 4.78 is 21.6. The van der Waals surface area contributed by atoms with E-state index in [0.717, 1.165) is 6.42 Å². The summed E-state index contributed by atoms with van der Waals surface area (Å²) in [6.45, 7) is 4.24. The van der Waals surface area contributed by atoms with Gasteiger partial charge in [-0.05, 0) is 13.0 Å². The molecule has 0 aromatic carbocycles. The molecule has 0 aromatic rings. The second-order valence-corrected chi connectivity index (χ2v) is 5.05. The minimum atomic E-state index is -0.816. The Morgan fingerprint density at radius 3 is 2.64 bits per heavy atom. The van der Waals surface area contributed by atoms with E-state index in [1.807, 2.05) is 6.92 Å². The van der Waals surface area contributed by atoms with Gasteiger partial charge in [-0.1, -0.05) is 6.92 Å². The third-order valence-corrected chi connectivity index (χ3v) is 3.58. The fraction of sp³-hybridized carbons (Fsp3) is 1.00. The van der Waals surface area contributed by atoms with Crippen LogP contribution in [0.5, 0.6) is 0 Å². The highest BCUT2D eigenvalue weighted by Gasteiger charge is 2.09. The van der Waals surface area contributed by atoms with E-state index in [4.69, 9.17) is 15.2 Å². The monoisotopic (exact) mass is 223 g/mol. The highest BCUT2D eigenvalue weighted by molar-refractivity contribution is 7.85. The van der Waals surface area contributed by atoms with Gasteiger partial charge in [-0.25, -0.2) is 0 Å². The maximum absolute atomic E-state index is 11.5. The van der Waals surface area contributed by atoms with Crippen molar-refractivity contribution in [1.82, 2.24) is 0 Å². The molecule has 0 aliphatic heterocycles. The van der Waals surface area contributed by atoms with Gasteiger partial charge in [0, 0.05) is 28.9 Å². The van der Waals surface area contributed by atoms with Gasteiger partial charge in [-0.3, -0.25) is 4.21 Å². The van der Waals surface area contributed by atoms with Crippen LogP contribution in [0.2, 0.25) is 0 Å². The van der Waals surface area contributed by atoms with Crippen LogP contribution < -0.4 is 5.73 Å². The zero-order chi connectivity index (χ0) is 10.8. The van der Waals surface area contributed by atoms with Crippen LogP contribution in [0.4, 0.5) is 0 Å². The van der Waals surface area contributed by atoms with Gasteiger partial charge in [0.25, 0.3) is 0 Å². The number of rotatable bonds is 9. The average molecular weight is 223 g/mol. The van der Waals surface area contributed by atoms with E-state index in [9.17, 15) is 4.21 Å². The molecule has 0 saturated carbocycles. The Kier molecular flexibility index (Phi) is 9.60. The predicted molar refractivity (Wildman–Crippen MR) is 58.8 cm³/mol. The van der Waals surface area contributed by atoms with Crippen LogP contribution in [0, 0.1) is 0 Å². The second kappa shape index (κ2) is 9.58. The SMILES string of the molecule is COCCOCCS(=O)C(C)CCN. The lowest BCUT2D eigenvalue weighted by Gasteiger charge is -2.09. The third-order valence-electron chi connectivity index (χ3n) is 1.88. The number of methoxy groups -OCH3 is 1. The Morgan fingerprint density at radius 1 is 1.36 bits per heavy atom. The van der Waals surface area contributed by atoms with Gasteiger partial charge in [0.1, 0.15) is 0 Å². The molecule has 0 aliphatic rings. The summed E-state index contributed by atoms with van der Waals surface area (Å²) in [6, 6.07) is 0. The van der Waals surface area contributed by atoms with Crippen LogP contribution in [0.1, 0.15) is 13.3 Å². The van der Waals surface area contributed by atoms with E-state index >= 15 is 0 Å². The minimum absolute atomic E-state index is 0.172. The summed E-state index contributed by atoms with van der Waals surface area (Å²) in [5.41, 5.74) is 5.38. The van der Waals surface area contributed by atoms with E-state index in [2.05, 4.69) is 0 Å². The van der Waals surface area contributed by atoms with Crippen molar-refractivity contribution in [3.8, 4) is 0 Å². The quantitative estimate of drug-likeness (QED) is 0.565. The van der Waals surface area contributed by atoms with Crippen molar-refractivity contribution in [2.45, 2.75) is 18.6 Å². The van der Waals surface area contributed by atoms with Crippen molar-refractivity contribution in [2.24, 2.45) is 5.73 Å². The van der Waals surface area contributed by atoms with E-state index in [0.29, 0.717) is 32.1 Å². The average Bonchev–Trinajstić information content (AvgIpc) is 2.17. The fourth-order valence-corrected chi connectivity index (χ4v) is 2.04. The highest BCUT2D eigenvalue weighted by atomic mass is 32.2. The first kappa shape index (κ1) is 14.0. The molecule has 0 bridgehead atoms. The number of hydrogen-bond donors (Lipinski definition) is 1. The van der Waals surface area contributed by atoms with E-state index in [-0.39, 0.29) is 5.25 Å². The van der Waals surface area contributed by atoms with Gasteiger partial charge >= 0.3 is 0 Å². The van der Waals surface area contributed by atoms with Gasteiger partial charge in [-0.2, -0.15) is 0 Å². The first-order valence-electron chi connectivity index (χ1n) is 4.86. The van der Waals surface area contributed by atoms with Gasteiger partial charge in [0.2, 0.25) is 0 Å². The summed E-state index contributed by atoms with van der Waals surface area (Å²) >= 11 is 0. The fourth-order valence-electron chi connectivity index (χ4n) is 0.953. The van der Waals surface area contributed by atoms with Crippen molar-refractivity contribution in [3.05, 3.63) is 0 Å². The van der Waals surface area contributed by atoms with Gasteiger partial charge in [0.15, 0.2) is 0 Å². The summed E-state index contributed by atoms with van der Waals surface area (Å²) in [6.07, 6.45) is 0.810. The molecule has 0 saturated heterocycles. The summed E-state index contributed by atoms with van der Waals surface area (Å²) in [5, 5.41) is 0.172. The smallest absolute Gasteiger partial charge is 0.0700 e. The van der Waals surface area contributed by atoms with Crippen molar-refractivity contribution in [2.75, 3.05) is 39.2 Å². The third kappa shape index (κ3) is 7.44. The maximum atomic E-state index is 11.5. The van der Waals surface area contributed by atoms with Crippen LogP contribution in [0.15, 0.2) is 0 Å². The largest absolute Gasteiger partial charge is 0.382 e. The van der Waals surface area contributed by atoms with Gasteiger partial charge in [-0.15, -0.1) is 0 Å². The Labute approximate surface area is 88.6 Å². The molecule has 0 spiro atoms. The molecule has 5 heteroatoms. The van der Waals surface area contributed by atoms with Crippen LogP contribution in [0.3, 0.4) is 0 Å². The molecule has 0 aliphatic carbocycles. The zero-order valence-corrected chi connectivity index (χ0v) is 9.85. The molecule has 4 nitrogen and oxygen atoms in total. The van der Waals surface area contributed by atoms with Gasteiger partial charge < -0.3 is 15.2 Å². The van der Waals surface area contributed by atoms with Crippen molar-refractivity contribution >= 4 is 10.8 Å². The first-order valence-corrected chi connectivity index (χ1v) is 6.24. The molecule has 2 unspecified atom stereocenters. The maximum Gasteiger partial charge on any atom is 0.0700 e. The van der Waals surface area contributed by atoms with Gasteiger partial charge in [0.05, 0.1) is 19.8 Å². The van der Waals surface area contributed by atoms with Crippen molar-refractivity contribution in [3.63, 3.8) is 0 Å². The second-order valence-electron chi connectivity index (χ2n) is 3.08. The molecular formula is C9H21NO3S. The van der Waals surface area contributed by atoms with E-state index in [1.54, 1.807) is 7.11 Å². The molecule has 14 heavy (non-hydrogen) atoms. The number of hydrogen-bond acceptors (Lipinski definition) is 4. The highest BCUT2D eigenvalue weighted by Crippen LogP contribution is 2.00. The van der Waals surface area contributed by atoms with Crippen molar-refractivity contribution in [1.29, 1.82) is 0 Å². The molecule has 0 heterocycles. The summed E-state index contributed by atoms with van der Waals surface area (Å²) in [7, 11) is 0.814. The van der Waals surface area contributed by atoms with Crippen LogP contribution in [0.25, 0.3) is 0 Å². The zero-order valence-electron chi connectivity index (χ0n) is 9.03. The molecule has 0 fully saturated rings. The molecule has 0 radical (unpaired) electrons. The topological polar surface area (TPSA) is 61.5 Å². The lowest BCUT2D eigenvalue weighted by molar-refractivity contribution is 0.0787. The first-order chi connectivity index (χ1) is 6.72. The normalized spacial score (nSPS) is 15.4. The lowest BCUT2D eigenvalue weighted by atomic mass is 10.3. The van der Waals surface area contributed by atoms with Crippen LogP contribution in [-0.4, -0.2) is 48.7 Å². The molecule has 0 amide bonds. The Bertz CT molecular complexity index is 155. The molecule has 86 valence electrons. The molecule has 2 atom stereocenters. The predicted octanol–water partition coefficient (Wildman–Crippen LogP) is 0.135. The lowest BCUT2D eigenvalue weighted by Crippen LogP contribution is -2.20. The van der Waals surface area contributed by atoms with Crippen LogP contribution in [-0.2, 0) is 20.3 Å². The standard InChI is InChI=1S/C9H21NO3S/c1-9(3-4-10)14(11)8-7-13-6-5-12-2/h9H,3-8,10H2,1-2H3. The molecular weight excluding hydrogens is 202 g/mol. The molecule has 2 N–H and O–H groups in total. The summed E-state index contributed by atoms with van der Waals surface area (Å²) in [4.78, 5) is 0. The number of nitrogens with two attached hydrogens (primary N) is 1. The molecule has 0 rings (SSSR count). The Morgan fingerprint density at radius 2 is 2.07 bits per heavy atom. The van der Waals surface area contributed by atoms with E-state index in [1.165, 1.54) is 0 Å². The van der Waals surface area contributed by atoms with E-state index < -0.39 is 10.8 Å². The minimum Gasteiger partial charge on any atom is -0.382 e.